The average Bonchev–Trinajstić information content (AvgIpc) is 2.45. The molecule has 3 nitrogen and oxygen atoms in total. The van der Waals surface area contributed by atoms with Gasteiger partial charge in [0.2, 0.25) is 0 Å². The first-order valence-electron chi connectivity index (χ1n) is 7.37. The molecule has 1 aromatic carbocycles. The van der Waals surface area contributed by atoms with Crippen molar-refractivity contribution in [2.24, 2.45) is 0 Å². The Labute approximate surface area is 144 Å². The van der Waals surface area contributed by atoms with Gasteiger partial charge in [0.15, 0.2) is 0 Å². The molecule has 24 heavy (non-hydrogen) atoms. The number of rotatable bonds is 4. The first-order chi connectivity index (χ1) is 10.9. The van der Waals surface area contributed by atoms with Gasteiger partial charge in [0.05, 0.1) is 5.56 Å². The normalized spacial score (nSPS) is 14.2. The Morgan fingerprint density at radius 1 is 1.25 bits per heavy atom. The monoisotopic (exact) mass is 363 g/mol. The molecule has 1 N–H and O–H groups in total. The highest BCUT2D eigenvalue weighted by Gasteiger charge is 2.30. The number of alkyl carbamates (subject to hydrolysis) is 1. The number of amides is 1. The second-order valence-electron chi connectivity index (χ2n) is 6.38. The Kier molecular flexibility index (Phi) is 6.72. The van der Waals surface area contributed by atoms with E-state index >= 15 is 0 Å². The second-order valence-corrected chi connectivity index (χ2v) is 6.60. The van der Waals surface area contributed by atoms with Crippen LogP contribution in [0.4, 0.5) is 18.0 Å². The Morgan fingerprint density at radius 3 is 2.21 bits per heavy atom. The summed E-state index contributed by atoms with van der Waals surface area (Å²) in [6.07, 6.45) is -4.95. The summed E-state index contributed by atoms with van der Waals surface area (Å²) in [4.78, 5) is 11.7. The molecule has 0 radical (unpaired) electrons. The first-order valence-corrected chi connectivity index (χ1v) is 7.81. The van der Waals surface area contributed by atoms with Crippen LogP contribution in [-0.4, -0.2) is 18.2 Å². The number of carbonyl (C=O) groups excluding carboxylic acids is 1. The molecule has 0 bridgehead atoms. The van der Waals surface area contributed by atoms with E-state index in [1.165, 1.54) is 17.7 Å². The van der Waals surface area contributed by atoms with Crippen LogP contribution in [0.15, 0.2) is 35.4 Å². The highest BCUT2D eigenvalue weighted by atomic mass is 35.5. The van der Waals surface area contributed by atoms with Crippen LogP contribution in [0.25, 0.3) is 0 Å². The third-order valence-electron chi connectivity index (χ3n) is 3.27. The van der Waals surface area contributed by atoms with Crippen LogP contribution in [0.3, 0.4) is 0 Å². The molecule has 0 aliphatic rings. The number of ether oxygens (including phenoxy) is 1. The fraction of sp³-hybridized carbons (Fsp3) is 0.471. The Bertz CT molecular complexity index is 589. The number of nitrogens with one attached hydrogen (secondary N) is 1. The van der Waals surface area contributed by atoms with Gasteiger partial charge in [-0.1, -0.05) is 30.7 Å². The maximum absolute atomic E-state index is 12.6. The maximum Gasteiger partial charge on any atom is 0.416 e. The number of carbonyl (C=O) groups is 1. The average molecular weight is 364 g/mol. The van der Waals surface area contributed by atoms with Crippen molar-refractivity contribution in [2.75, 3.05) is 6.54 Å². The predicted molar refractivity (Wildman–Crippen MR) is 88.0 cm³/mol. The van der Waals surface area contributed by atoms with Crippen molar-refractivity contribution < 1.29 is 22.7 Å². The lowest BCUT2D eigenvalue weighted by Gasteiger charge is -2.21. The molecule has 0 saturated heterocycles. The minimum absolute atomic E-state index is 0.139. The zero-order valence-corrected chi connectivity index (χ0v) is 14.8. The SMILES string of the molecule is CC(/C(=C\Cl)CNC(=O)OC(C)(C)C)c1ccc(C(F)(F)F)cc1. The van der Waals surface area contributed by atoms with Gasteiger partial charge in [-0.25, -0.2) is 4.79 Å². The third kappa shape index (κ3) is 6.43. The molecule has 0 aliphatic heterocycles. The van der Waals surface area contributed by atoms with Gasteiger partial charge in [0.25, 0.3) is 0 Å². The van der Waals surface area contributed by atoms with E-state index in [-0.39, 0.29) is 12.5 Å². The molecular formula is C17H21ClF3NO2. The molecule has 0 spiro atoms. The number of hydrogen-bond donors (Lipinski definition) is 1. The Hall–Kier alpha value is -1.69. The molecule has 0 saturated carbocycles. The zero-order chi connectivity index (χ0) is 18.5. The van der Waals surface area contributed by atoms with Crippen molar-refractivity contribution in [1.29, 1.82) is 0 Å². The fourth-order valence-electron chi connectivity index (χ4n) is 1.95. The van der Waals surface area contributed by atoms with Crippen LogP contribution in [0.5, 0.6) is 0 Å². The first kappa shape index (κ1) is 20.4. The van der Waals surface area contributed by atoms with Crippen molar-refractivity contribution in [3.63, 3.8) is 0 Å². The number of benzene rings is 1. The lowest BCUT2D eigenvalue weighted by molar-refractivity contribution is -0.137. The van der Waals surface area contributed by atoms with E-state index in [1.54, 1.807) is 27.7 Å². The maximum atomic E-state index is 12.6. The summed E-state index contributed by atoms with van der Waals surface area (Å²) in [5.41, 5.74) is 1.32. The van der Waals surface area contributed by atoms with Crippen LogP contribution in [0.2, 0.25) is 0 Å². The van der Waals surface area contributed by atoms with Crippen molar-refractivity contribution in [3.05, 3.63) is 46.5 Å². The second kappa shape index (κ2) is 7.92. The van der Waals surface area contributed by atoms with E-state index in [4.69, 9.17) is 16.3 Å². The zero-order valence-electron chi connectivity index (χ0n) is 14.0. The van der Waals surface area contributed by atoms with E-state index in [0.29, 0.717) is 11.1 Å². The molecule has 1 rings (SSSR count). The smallest absolute Gasteiger partial charge is 0.416 e. The van der Waals surface area contributed by atoms with E-state index < -0.39 is 23.4 Å². The van der Waals surface area contributed by atoms with Gasteiger partial charge in [-0.3, -0.25) is 0 Å². The molecule has 1 unspecified atom stereocenters. The Balaban J connectivity index is 2.74. The van der Waals surface area contributed by atoms with Crippen LogP contribution in [0, 0.1) is 0 Å². The number of halogens is 4. The van der Waals surface area contributed by atoms with Crippen LogP contribution < -0.4 is 5.32 Å². The van der Waals surface area contributed by atoms with Gasteiger partial charge in [0.1, 0.15) is 5.60 Å². The third-order valence-corrected chi connectivity index (χ3v) is 3.55. The van der Waals surface area contributed by atoms with Crippen LogP contribution in [0.1, 0.15) is 44.7 Å². The molecule has 134 valence electrons. The summed E-state index contributed by atoms with van der Waals surface area (Å²) in [6, 6.07) is 4.86. The van der Waals surface area contributed by atoms with E-state index in [1.807, 2.05) is 0 Å². The molecule has 1 aromatic rings. The molecule has 7 heteroatoms. The molecule has 1 amide bonds. The predicted octanol–water partition coefficient (Wildman–Crippen LogP) is 5.46. The summed E-state index contributed by atoms with van der Waals surface area (Å²) in [6.45, 7) is 7.18. The molecule has 0 heterocycles. The van der Waals surface area contributed by atoms with Crippen molar-refractivity contribution in [3.8, 4) is 0 Å². The minimum Gasteiger partial charge on any atom is -0.444 e. The quantitative estimate of drug-likeness (QED) is 0.771. The van der Waals surface area contributed by atoms with Crippen molar-refractivity contribution >= 4 is 17.7 Å². The van der Waals surface area contributed by atoms with Crippen LogP contribution >= 0.6 is 11.6 Å². The molecule has 1 atom stereocenters. The number of hydrogen-bond acceptors (Lipinski definition) is 2. The largest absolute Gasteiger partial charge is 0.444 e. The highest BCUT2D eigenvalue weighted by molar-refractivity contribution is 6.25. The fourth-order valence-corrected chi connectivity index (χ4v) is 2.22. The topological polar surface area (TPSA) is 38.3 Å². The molecule has 0 aliphatic carbocycles. The summed E-state index contributed by atoms with van der Waals surface area (Å²) >= 11 is 5.80. The number of alkyl halides is 3. The summed E-state index contributed by atoms with van der Waals surface area (Å²) < 4.78 is 42.9. The van der Waals surface area contributed by atoms with Crippen LogP contribution in [-0.2, 0) is 10.9 Å². The van der Waals surface area contributed by atoms with Gasteiger partial charge in [-0.05, 0) is 44.0 Å². The lowest BCUT2D eigenvalue weighted by Crippen LogP contribution is -2.34. The lowest BCUT2D eigenvalue weighted by atomic mass is 9.93. The van der Waals surface area contributed by atoms with Gasteiger partial charge < -0.3 is 10.1 Å². The summed E-state index contributed by atoms with van der Waals surface area (Å²) in [5, 5.41) is 2.58. The van der Waals surface area contributed by atoms with E-state index in [9.17, 15) is 18.0 Å². The minimum atomic E-state index is -4.37. The summed E-state index contributed by atoms with van der Waals surface area (Å²) in [5.74, 6) is -0.250. The van der Waals surface area contributed by atoms with Gasteiger partial charge in [-0.2, -0.15) is 13.2 Å². The van der Waals surface area contributed by atoms with Crippen molar-refractivity contribution in [1.82, 2.24) is 5.32 Å². The molecule has 0 aromatic heterocycles. The van der Waals surface area contributed by atoms with Gasteiger partial charge >= 0.3 is 12.3 Å². The van der Waals surface area contributed by atoms with E-state index in [2.05, 4.69) is 5.32 Å². The Morgan fingerprint density at radius 2 is 1.79 bits per heavy atom. The van der Waals surface area contributed by atoms with Crippen molar-refractivity contribution in [2.45, 2.75) is 45.4 Å². The van der Waals surface area contributed by atoms with Gasteiger partial charge in [-0.15, -0.1) is 0 Å². The van der Waals surface area contributed by atoms with E-state index in [0.717, 1.165) is 12.1 Å². The molecule has 0 fully saturated rings. The standard InChI is InChI=1S/C17H21ClF3NO2/c1-11(12-5-7-14(8-6-12)17(19,20)21)13(9-18)10-22-15(23)24-16(2,3)4/h5-9,11H,10H2,1-4H3,(H,22,23)/b13-9-. The van der Waals surface area contributed by atoms with Gasteiger partial charge in [0, 0.05) is 18.0 Å². The molecular weight excluding hydrogens is 343 g/mol. The summed E-state index contributed by atoms with van der Waals surface area (Å²) in [7, 11) is 0. The highest BCUT2D eigenvalue weighted by Crippen LogP contribution is 2.31.